The van der Waals surface area contributed by atoms with E-state index in [1.165, 1.54) is 23.5 Å². The van der Waals surface area contributed by atoms with Crippen molar-refractivity contribution >= 4 is 49.0 Å². The number of carbonyl (C=O) groups excluding carboxylic acids is 1. The number of benzene rings is 3. The van der Waals surface area contributed by atoms with Gasteiger partial charge in [-0.25, -0.2) is 8.42 Å². The molecule has 3 rings (SSSR count). The molecule has 0 heterocycles. The molecule has 0 aliphatic carbocycles. The van der Waals surface area contributed by atoms with Gasteiger partial charge in [0.25, 0.3) is 10.0 Å². The normalized spacial score (nSPS) is 11.3. The number of sulfonamides is 1. The lowest BCUT2D eigenvalue weighted by Gasteiger charge is -2.20. The lowest BCUT2D eigenvalue weighted by molar-refractivity contribution is 0.0992. The van der Waals surface area contributed by atoms with Crippen LogP contribution >= 0.6 is 27.5 Å². The second-order valence-corrected chi connectivity index (χ2v) is 9.97. The lowest BCUT2D eigenvalue weighted by atomic mass is 9.99. The first-order valence-electron chi connectivity index (χ1n) is 8.81. The summed E-state index contributed by atoms with van der Waals surface area (Å²) in [5.74, 6) is -0.154. The van der Waals surface area contributed by atoms with Crippen LogP contribution in [-0.2, 0) is 16.4 Å². The largest absolute Gasteiger partial charge is 0.294 e. The van der Waals surface area contributed by atoms with E-state index in [2.05, 4.69) is 15.9 Å². The summed E-state index contributed by atoms with van der Waals surface area (Å²) < 4.78 is 28.1. The maximum atomic E-state index is 13.0. The average Bonchev–Trinajstić information content (AvgIpc) is 2.70. The van der Waals surface area contributed by atoms with Crippen LogP contribution in [0.1, 0.15) is 21.5 Å². The maximum Gasteiger partial charge on any atom is 0.264 e. The van der Waals surface area contributed by atoms with Crippen LogP contribution < -0.4 is 4.31 Å². The molecular weight excluding hydrogens is 474 g/mol. The molecule has 29 heavy (non-hydrogen) atoms. The Morgan fingerprint density at radius 3 is 2.38 bits per heavy atom. The molecule has 0 aliphatic heterocycles. The van der Waals surface area contributed by atoms with Crippen molar-refractivity contribution in [2.45, 2.75) is 18.2 Å². The third-order valence-corrected chi connectivity index (χ3v) is 7.21. The third-order valence-electron chi connectivity index (χ3n) is 4.66. The number of halogens is 2. The quantitative estimate of drug-likeness (QED) is 0.417. The second kappa shape index (κ2) is 8.69. The molecule has 3 aromatic rings. The Bertz CT molecular complexity index is 1160. The predicted octanol–water partition coefficient (Wildman–Crippen LogP) is 5.66. The van der Waals surface area contributed by atoms with Gasteiger partial charge < -0.3 is 0 Å². The van der Waals surface area contributed by atoms with E-state index in [0.29, 0.717) is 16.3 Å². The molecule has 0 saturated heterocycles. The molecule has 0 saturated carbocycles. The highest BCUT2D eigenvalue weighted by atomic mass is 79.9. The smallest absolute Gasteiger partial charge is 0.264 e. The van der Waals surface area contributed by atoms with Crippen LogP contribution in [0, 0.1) is 6.92 Å². The zero-order valence-electron chi connectivity index (χ0n) is 15.9. The SMILES string of the molecule is Cc1cc(Cl)ccc1CC(=O)c1cccc(S(=O)(=O)N(C)c2ccc(Br)cc2)c1. The highest BCUT2D eigenvalue weighted by Crippen LogP contribution is 2.25. The predicted molar refractivity (Wildman–Crippen MR) is 120 cm³/mol. The molecule has 0 radical (unpaired) electrons. The highest BCUT2D eigenvalue weighted by molar-refractivity contribution is 9.10. The summed E-state index contributed by atoms with van der Waals surface area (Å²) in [5.41, 5.74) is 2.66. The van der Waals surface area contributed by atoms with Crippen molar-refractivity contribution in [2.24, 2.45) is 0 Å². The summed E-state index contributed by atoms with van der Waals surface area (Å²) in [7, 11) is -2.31. The van der Waals surface area contributed by atoms with Gasteiger partial charge in [0.15, 0.2) is 5.78 Å². The standard InChI is InChI=1S/C22H19BrClNO3S/c1-15-12-19(24)9-6-16(15)14-22(26)17-4-3-5-21(13-17)29(27,28)25(2)20-10-7-18(23)8-11-20/h3-13H,14H2,1-2H3. The molecule has 0 bridgehead atoms. The number of nitrogens with zero attached hydrogens (tertiary/aromatic N) is 1. The number of anilines is 1. The minimum absolute atomic E-state index is 0.0709. The zero-order chi connectivity index (χ0) is 21.2. The van der Waals surface area contributed by atoms with Crippen LogP contribution in [0.3, 0.4) is 0 Å². The van der Waals surface area contributed by atoms with Crippen molar-refractivity contribution in [3.63, 3.8) is 0 Å². The molecule has 0 aromatic heterocycles. The minimum Gasteiger partial charge on any atom is -0.294 e. The number of ketones is 1. The Balaban J connectivity index is 1.87. The Kier molecular flexibility index (Phi) is 6.46. The van der Waals surface area contributed by atoms with Gasteiger partial charge in [-0.3, -0.25) is 9.10 Å². The first-order chi connectivity index (χ1) is 13.7. The molecule has 0 spiro atoms. The first kappa shape index (κ1) is 21.6. The van der Waals surface area contributed by atoms with Crippen LogP contribution in [0.2, 0.25) is 5.02 Å². The summed E-state index contributed by atoms with van der Waals surface area (Å²) in [6.07, 6.45) is 0.176. The van der Waals surface area contributed by atoms with Crippen molar-refractivity contribution in [1.82, 2.24) is 0 Å². The van der Waals surface area contributed by atoms with Gasteiger partial charge >= 0.3 is 0 Å². The van der Waals surface area contributed by atoms with Crippen LogP contribution in [0.15, 0.2) is 76.1 Å². The van der Waals surface area contributed by atoms with Gasteiger partial charge in [0.05, 0.1) is 10.6 Å². The molecule has 7 heteroatoms. The molecule has 4 nitrogen and oxygen atoms in total. The van der Waals surface area contributed by atoms with Crippen molar-refractivity contribution in [3.05, 3.63) is 92.9 Å². The maximum absolute atomic E-state index is 13.0. The topological polar surface area (TPSA) is 54.5 Å². The number of rotatable bonds is 6. The van der Waals surface area contributed by atoms with Crippen molar-refractivity contribution < 1.29 is 13.2 Å². The van der Waals surface area contributed by atoms with E-state index < -0.39 is 10.0 Å². The molecule has 0 fully saturated rings. The van der Waals surface area contributed by atoms with Gasteiger partial charge in [0.2, 0.25) is 0 Å². The van der Waals surface area contributed by atoms with Gasteiger partial charge in [-0.05, 0) is 66.6 Å². The lowest BCUT2D eigenvalue weighted by Crippen LogP contribution is -2.26. The van der Waals surface area contributed by atoms with E-state index in [-0.39, 0.29) is 17.1 Å². The zero-order valence-corrected chi connectivity index (χ0v) is 19.1. The third kappa shape index (κ3) is 4.89. The molecule has 0 amide bonds. The van der Waals surface area contributed by atoms with Crippen LogP contribution in [0.25, 0.3) is 0 Å². The van der Waals surface area contributed by atoms with Gasteiger partial charge in [-0.2, -0.15) is 0 Å². The minimum atomic E-state index is -3.80. The van der Waals surface area contributed by atoms with Gasteiger partial charge in [-0.1, -0.05) is 45.7 Å². The molecule has 0 unspecified atom stereocenters. The summed E-state index contributed by atoms with van der Waals surface area (Å²) in [6.45, 7) is 1.89. The van der Waals surface area contributed by atoms with Crippen LogP contribution in [0.5, 0.6) is 0 Å². The molecular formula is C22H19BrClNO3S. The molecule has 3 aromatic carbocycles. The monoisotopic (exact) mass is 491 g/mol. The Hall–Kier alpha value is -2.15. The Morgan fingerprint density at radius 1 is 1.03 bits per heavy atom. The number of carbonyl (C=O) groups is 1. The van der Waals surface area contributed by atoms with E-state index in [0.717, 1.165) is 15.6 Å². The summed E-state index contributed by atoms with van der Waals surface area (Å²) in [5, 5.41) is 0.614. The fourth-order valence-corrected chi connectivity index (χ4v) is 4.64. The van der Waals surface area contributed by atoms with E-state index in [4.69, 9.17) is 11.6 Å². The molecule has 0 atom stereocenters. The summed E-state index contributed by atoms with van der Waals surface area (Å²) in [6, 6.07) is 18.5. The fraction of sp³-hybridized carbons (Fsp3) is 0.136. The Labute approximate surface area is 184 Å². The molecule has 150 valence electrons. The van der Waals surface area contributed by atoms with E-state index >= 15 is 0 Å². The van der Waals surface area contributed by atoms with Crippen LogP contribution in [0.4, 0.5) is 5.69 Å². The summed E-state index contributed by atoms with van der Waals surface area (Å²) in [4.78, 5) is 12.8. The van der Waals surface area contributed by atoms with E-state index in [9.17, 15) is 13.2 Å². The average molecular weight is 493 g/mol. The van der Waals surface area contributed by atoms with Gasteiger partial charge in [0.1, 0.15) is 0 Å². The molecule has 0 aliphatic rings. The van der Waals surface area contributed by atoms with E-state index in [1.54, 1.807) is 48.5 Å². The number of Topliss-reactive ketones (excluding diaryl/α,β-unsaturated/α-hetero) is 1. The number of hydrogen-bond acceptors (Lipinski definition) is 3. The second-order valence-electron chi connectivity index (χ2n) is 6.65. The number of aryl methyl sites for hydroxylation is 1. The first-order valence-corrected chi connectivity index (χ1v) is 11.4. The molecule has 0 N–H and O–H groups in total. The van der Waals surface area contributed by atoms with Gasteiger partial charge in [-0.15, -0.1) is 0 Å². The fourth-order valence-electron chi connectivity index (χ4n) is 2.91. The van der Waals surface area contributed by atoms with Crippen molar-refractivity contribution in [2.75, 3.05) is 11.4 Å². The van der Waals surface area contributed by atoms with Crippen molar-refractivity contribution in [3.8, 4) is 0 Å². The highest BCUT2D eigenvalue weighted by Gasteiger charge is 2.22. The van der Waals surface area contributed by atoms with Crippen molar-refractivity contribution in [1.29, 1.82) is 0 Å². The van der Waals surface area contributed by atoms with Crippen LogP contribution in [-0.4, -0.2) is 21.2 Å². The Morgan fingerprint density at radius 2 is 1.72 bits per heavy atom. The van der Waals surface area contributed by atoms with Gasteiger partial charge in [0, 0.05) is 28.5 Å². The van der Waals surface area contributed by atoms with E-state index in [1.807, 2.05) is 13.0 Å². The number of hydrogen-bond donors (Lipinski definition) is 0. The summed E-state index contributed by atoms with van der Waals surface area (Å²) >= 11 is 9.31.